The zero-order valence-corrected chi connectivity index (χ0v) is 7.27. The van der Waals surface area contributed by atoms with Crippen LogP contribution in [0.5, 0.6) is 0 Å². The highest BCUT2D eigenvalue weighted by atomic mass is 16.5. The molecule has 74 valence electrons. The lowest BCUT2D eigenvalue weighted by atomic mass is 10.2. The van der Waals surface area contributed by atoms with E-state index >= 15 is 0 Å². The fourth-order valence-corrected chi connectivity index (χ4v) is 1.44. The minimum absolute atomic E-state index is 0.190. The number of likely N-dealkylation sites (tertiary alicyclic amines) is 1. The van der Waals surface area contributed by atoms with Crippen molar-refractivity contribution in [3.05, 3.63) is 0 Å². The SMILES string of the molecule is COC(=O)[C@@H]1C[C@H](N)CN1C(=O)O. The van der Waals surface area contributed by atoms with Crippen molar-refractivity contribution in [1.29, 1.82) is 0 Å². The Morgan fingerprint density at radius 1 is 1.62 bits per heavy atom. The molecule has 0 saturated carbocycles. The van der Waals surface area contributed by atoms with Crippen LogP contribution in [0.1, 0.15) is 6.42 Å². The van der Waals surface area contributed by atoms with Gasteiger partial charge >= 0.3 is 12.1 Å². The number of nitrogens with zero attached hydrogens (tertiary/aromatic N) is 1. The molecule has 1 aliphatic heterocycles. The van der Waals surface area contributed by atoms with Crippen LogP contribution in [0, 0.1) is 0 Å². The highest BCUT2D eigenvalue weighted by Gasteiger charge is 2.38. The summed E-state index contributed by atoms with van der Waals surface area (Å²) in [6.07, 6.45) is -0.803. The van der Waals surface area contributed by atoms with Gasteiger partial charge in [-0.15, -0.1) is 0 Å². The van der Waals surface area contributed by atoms with Crippen molar-refractivity contribution in [3.8, 4) is 0 Å². The Hall–Kier alpha value is -1.30. The standard InChI is InChI=1S/C7H12N2O4/c1-13-6(10)5-2-4(8)3-9(5)7(11)12/h4-5H,2-3,8H2,1H3,(H,11,12)/t4-,5-/m0/s1. The number of carbonyl (C=O) groups excluding carboxylic acids is 1. The van der Waals surface area contributed by atoms with E-state index in [1.165, 1.54) is 7.11 Å². The molecule has 1 amide bonds. The van der Waals surface area contributed by atoms with Crippen LogP contribution in [0.2, 0.25) is 0 Å². The molecule has 1 heterocycles. The van der Waals surface area contributed by atoms with Crippen molar-refractivity contribution in [3.63, 3.8) is 0 Å². The van der Waals surface area contributed by atoms with E-state index in [4.69, 9.17) is 10.8 Å². The van der Waals surface area contributed by atoms with Crippen LogP contribution in [0.25, 0.3) is 0 Å². The summed E-state index contributed by atoms with van der Waals surface area (Å²) in [5.41, 5.74) is 5.53. The van der Waals surface area contributed by atoms with Crippen molar-refractivity contribution in [1.82, 2.24) is 4.90 Å². The van der Waals surface area contributed by atoms with Crippen LogP contribution in [0.15, 0.2) is 0 Å². The molecule has 1 saturated heterocycles. The van der Waals surface area contributed by atoms with Gasteiger partial charge in [-0.1, -0.05) is 0 Å². The molecule has 0 spiro atoms. The third-order valence-electron chi connectivity index (χ3n) is 2.05. The minimum atomic E-state index is -1.14. The van der Waals surface area contributed by atoms with Crippen LogP contribution < -0.4 is 5.73 Å². The molecular formula is C7H12N2O4. The first-order valence-electron chi connectivity index (χ1n) is 3.89. The first-order chi connectivity index (χ1) is 6.06. The van der Waals surface area contributed by atoms with Gasteiger partial charge in [-0.3, -0.25) is 4.90 Å². The van der Waals surface area contributed by atoms with E-state index in [1.54, 1.807) is 0 Å². The van der Waals surface area contributed by atoms with Gasteiger partial charge < -0.3 is 15.6 Å². The van der Waals surface area contributed by atoms with Crippen molar-refractivity contribution in [2.45, 2.75) is 18.5 Å². The van der Waals surface area contributed by atoms with Crippen LogP contribution in [0.4, 0.5) is 4.79 Å². The van der Waals surface area contributed by atoms with Gasteiger partial charge in [0.25, 0.3) is 0 Å². The molecule has 0 aromatic heterocycles. The lowest BCUT2D eigenvalue weighted by Crippen LogP contribution is -2.40. The average Bonchev–Trinajstić information content (AvgIpc) is 2.46. The van der Waals surface area contributed by atoms with Gasteiger partial charge in [-0.2, -0.15) is 0 Å². The molecule has 0 aromatic rings. The lowest BCUT2D eigenvalue weighted by Gasteiger charge is -2.18. The molecular weight excluding hydrogens is 176 g/mol. The van der Waals surface area contributed by atoms with Gasteiger partial charge in [-0.05, 0) is 6.42 Å². The zero-order chi connectivity index (χ0) is 10.0. The van der Waals surface area contributed by atoms with E-state index in [9.17, 15) is 9.59 Å². The summed E-state index contributed by atoms with van der Waals surface area (Å²) in [4.78, 5) is 22.7. The fourth-order valence-electron chi connectivity index (χ4n) is 1.44. The second-order valence-electron chi connectivity index (χ2n) is 2.97. The first kappa shape index (κ1) is 9.79. The van der Waals surface area contributed by atoms with Crippen LogP contribution in [-0.4, -0.2) is 47.8 Å². The Morgan fingerprint density at radius 3 is 2.69 bits per heavy atom. The maximum atomic E-state index is 11.1. The Labute approximate surface area is 75.3 Å². The predicted molar refractivity (Wildman–Crippen MR) is 43.1 cm³/mol. The number of carboxylic acid groups (broad SMARTS) is 1. The van der Waals surface area contributed by atoms with Crippen molar-refractivity contribution in [2.24, 2.45) is 5.73 Å². The molecule has 2 atom stereocenters. The Morgan fingerprint density at radius 2 is 2.23 bits per heavy atom. The van der Waals surface area contributed by atoms with Crippen LogP contribution >= 0.6 is 0 Å². The largest absolute Gasteiger partial charge is 0.467 e. The Kier molecular flexibility index (Phi) is 2.72. The Balaban J connectivity index is 2.71. The molecule has 6 nitrogen and oxygen atoms in total. The summed E-state index contributed by atoms with van der Waals surface area (Å²) < 4.78 is 4.46. The predicted octanol–water partition coefficient (Wildman–Crippen LogP) is -0.761. The molecule has 6 heteroatoms. The van der Waals surface area contributed by atoms with Gasteiger partial charge in [0.2, 0.25) is 0 Å². The molecule has 0 unspecified atom stereocenters. The Bertz CT molecular complexity index is 231. The van der Waals surface area contributed by atoms with E-state index in [0.29, 0.717) is 6.42 Å². The number of esters is 1. The number of rotatable bonds is 1. The number of ether oxygens (including phenoxy) is 1. The van der Waals surface area contributed by atoms with Gasteiger partial charge in [0.15, 0.2) is 0 Å². The molecule has 1 fully saturated rings. The maximum Gasteiger partial charge on any atom is 0.408 e. The van der Waals surface area contributed by atoms with Crippen LogP contribution in [-0.2, 0) is 9.53 Å². The molecule has 13 heavy (non-hydrogen) atoms. The zero-order valence-electron chi connectivity index (χ0n) is 7.27. The van der Waals surface area contributed by atoms with Gasteiger partial charge in [0.05, 0.1) is 7.11 Å². The number of methoxy groups -OCH3 is 1. The molecule has 0 aliphatic carbocycles. The number of hydrogen-bond donors (Lipinski definition) is 2. The lowest BCUT2D eigenvalue weighted by molar-refractivity contribution is -0.145. The summed E-state index contributed by atoms with van der Waals surface area (Å²) in [5.74, 6) is -0.546. The molecule has 0 bridgehead atoms. The minimum Gasteiger partial charge on any atom is -0.467 e. The molecule has 1 aliphatic rings. The maximum absolute atomic E-state index is 11.1. The monoisotopic (exact) mass is 188 g/mol. The summed E-state index contributed by atoms with van der Waals surface area (Å²) in [6.45, 7) is 0.190. The van der Waals surface area contributed by atoms with Crippen molar-refractivity contribution >= 4 is 12.1 Å². The van der Waals surface area contributed by atoms with E-state index in [-0.39, 0.29) is 12.6 Å². The molecule has 1 rings (SSSR count). The smallest absolute Gasteiger partial charge is 0.408 e. The molecule has 0 radical (unpaired) electrons. The fraction of sp³-hybridized carbons (Fsp3) is 0.714. The number of nitrogens with two attached hydrogens (primary N) is 1. The number of hydrogen-bond acceptors (Lipinski definition) is 4. The van der Waals surface area contributed by atoms with E-state index in [1.807, 2.05) is 0 Å². The number of amides is 1. The quantitative estimate of drug-likeness (QED) is 0.527. The third kappa shape index (κ3) is 1.89. The average molecular weight is 188 g/mol. The summed E-state index contributed by atoms with van der Waals surface area (Å²) in [5, 5.41) is 8.71. The van der Waals surface area contributed by atoms with Gasteiger partial charge in [0, 0.05) is 12.6 Å². The van der Waals surface area contributed by atoms with E-state index in [0.717, 1.165) is 4.90 Å². The summed E-state index contributed by atoms with van der Waals surface area (Å²) >= 11 is 0. The first-order valence-corrected chi connectivity index (χ1v) is 3.89. The topological polar surface area (TPSA) is 92.9 Å². The molecule has 0 aromatic carbocycles. The van der Waals surface area contributed by atoms with Crippen molar-refractivity contribution < 1.29 is 19.4 Å². The summed E-state index contributed by atoms with van der Waals surface area (Å²) in [6, 6.07) is -1.02. The second-order valence-corrected chi connectivity index (χ2v) is 2.97. The van der Waals surface area contributed by atoms with Crippen LogP contribution in [0.3, 0.4) is 0 Å². The number of carbonyl (C=O) groups is 2. The normalized spacial score (nSPS) is 27.4. The third-order valence-corrected chi connectivity index (χ3v) is 2.05. The van der Waals surface area contributed by atoms with Crippen molar-refractivity contribution in [2.75, 3.05) is 13.7 Å². The van der Waals surface area contributed by atoms with Gasteiger partial charge in [-0.25, -0.2) is 9.59 Å². The molecule has 3 N–H and O–H groups in total. The second kappa shape index (κ2) is 3.61. The van der Waals surface area contributed by atoms with E-state index in [2.05, 4.69) is 4.74 Å². The summed E-state index contributed by atoms with van der Waals surface area (Å²) in [7, 11) is 1.23. The van der Waals surface area contributed by atoms with E-state index < -0.39 is 18.1 Å². The van der Waals surface area contributed by atoms with Gasteiger partial charge in [0.1, 0.15) is 6.04 Å². The highest BCUT2D eigenvalue weighted by molar-refractivity contribution is 5.81. The highest BCUT2D eigenvalue weighted by Crippen LogP contribution is 2.17.